The van der Waals surface area contributed by atoms with E-state index >= 15 is 0 Å². The SMILES string of the molecule is CCn1ccc(C(F)(F)F)n1. The molecule has 0 radical (unpaired) electrons. The normalized spacial score (nSPS) is 12.0. The van der Waals surface area contributed by atoms with E-state index in [9.17, 15) is 13.2 Å². The molecule has 11 heavy (non-hydrogen) atoms. The number of nitrogens with zero attached hydrogens (tertiary/aromatic N) is 2. The van der Waals surface area contributed by atoms with Gasteiger partial charge in [0, 0.05) is 12.7 Å². The molecule has 0 aromatic carbocycles. The molecule has 1 aromatic rings. The predicted octanol–water partition coefficient (Wildman–Crippen LogP) is 1.92. The second-order valence-electron chi connectivity index (χ2n) is 2.05. The van der Waals surface area contributed by atoms with Crippen molar-refractivity contribution in [3.8, 4) is 0 Å². The molecule has 1 heterocycles. The summed E-state index contributed by atoms with van der Waals surface area (Å²) in [5, 5.41) is 3.29. The number of halogens is 3. The van der Waals surface area contributed by atoms with Crippen LogP contribution in [-0.2, 0) is 12.7 Å². The Labute approximate surface area is 61.6 Å². The molecule has 5 heteroatoms. The van der Waals surface area contributed by atoms with Crippen LogP contribution in [0.2, 0.25) is 0 Å². The van der Waals surface area contributed by atoms with Gasteiger partial charge in [-0.15, -0.1) is 0 Å². The van der Waals surface area contributed by atoms with Crippen LogP contribution in [0.5, 0.6) is 0 Å². The Morgan fingerprint density at radius 2 is 2.18 bits per heavy atom. The molecule has 2 nitrogen and oxygen atoms in total. The molecule has 0 unspecified atom stereocenters. The molecule has 1 rings (SSSR count). The molecule has 0 aliphatic heterocycles. The van der Waals surface area contributed by atoms with Gasteiger partial charge in [0.1, 0.15) is 0 Å². The Bertz CT molecular complexity index is 238. The summed E-state index contributed by atoms with van der Waals surface area (Å²) in [7, 11) is 0. The highest BCUT2D eigenvalue weighted by Crippen LogP contribution is 2.26. The highest BCUT2D eigenvalue weighted by atomic mass is 19.4. The van der Waals surface area contributed by atoms with Crippen molar-refractivity contribution in [1.82, 2.24) is 9.78 Å². The summed E-state index contributed by atoms with van der Waals surface area (Å²) in [6.45, 7) is 2.18. The van der Waals surface area contributed by atoms with Crippen molar-refractivity contribution in [3.63, 3.8) is 0 Å². The van der Waals surface area contributed by atoms with Gasteiger partial charge in [0.25, 0.3) is 0 Å². The molecule has 0 fully saturated rings. The molecule has 0 atom stereocenters. The lowest BCUT2D eigenvalue weighted by molar-refractivity contribution is -0.141. The van der Waals surface area contributed by atoms with Crippen molar-refractivity contribution < 1.29 is 13.2 Å². The minimum Gasteiger partial charge on any atom is -0.272 e. The smallest absolute Gasteiger partial charge is 0.272 e. The number of aromatic nitrogens is 2. The second kappa shape index (κ2) is 2.56. The van der Waals surface area contributed by atoms with E-state index < -0.39 is 11.9 Å². The molecule has 0 saturated carbocycles. The van der Waals surface area contributed by atoms with E-state index in [2.05, 4.69) is 5.10 Å². The molecule has 0 amide bonds. The maximum absolute atomic E-state index is 11.9. The molecule has 0 saturated heterocycles. The van der Waals surface area contributed by atoms with E-state index in [1.165, 1.54) is 10.9 Å². The fourth-order valence-corrected chi connectivity index (χ4v) is 0.689. The van der Waals surface area contributed by atoms with Gasteiger partial charge in [-0.25, -0.2) is 0 Å². The molecular formula is C6H7F3N2. The van der Waals surface area contributed by atoms with E-state index in [1.54, 1.807) is 6.92 Å². The number of rotatable bonds is 1. The highest BCUT2D eigenvalue weighted by molar-refractivity contribution is 5.02. The average Bonchev–Trinajstić information content (AvgIpc) is 2.32. The summed E-state index contributed by atoms with van der Waals surface area (Å²) in [6.07, 6.45) is -3.01. The van der Waals surface area contributed by atoms with Crippen LogP contribution in [0.15, 0.2) is 12.3 Å². The van der Waals surface area contributed by atoms with Crippen LogP contribution in [0.4, 0.5) is 13.2 Å². The number of aryl methyl sites for hydroxylation is 1. The van der Waals surface area contributed by atoms with Crippen molar-refractivity contribution in [2.75, 3.05) is 0 Å². The fraction of sp³-hybridized carbons (Fsp3) is 0.500. The Morgan fingerprint density at radius 1 is 1.55 bits per heavy atom. The van der Waals surface area contributed by atoms with Gasteiger partial charge >= 0.3 is 6.18 Å². The summed E-state index contributed by atoms with van der Waals surface area (Å²) in [5.41, 5.74) is -0.834. The van der Waals surface area contributed by atoms with Crippen molar-refractivity contribution >= 4 is 0 Å². The predicted molar refractivity (Wildman–Crippen MR) is 32.9 cm³/mol. The standard InChI is InChI=1S/C6H7F3N2/c1-2-11-4-3-5(10-11)6(7,8)9/h3-4H,2H2,1H3. The zero-order chi connectivity index (χ0) is 8.48. The molecular weight excluding hydrogens is 157 g/mol. The largest absolute Gasteiger partial charge is 0.435 e. The van der Waals surface area contributed by atoms with E-state index in [-0.39, 0.29) is 0 Å². The first-order chi connectivity index (χ1) is 5.04. The summed E-state index contributed by atoms with van der Waals surface area (Å²) in [6, 6.07) is 0.962. The van der Waals surface area contributed by atoms with Gasteiger partial charge in [-0.3, -0.25) is 4.68 Å². The van der Waals surface area contributed by atoms with Gasteiger partial charge in [-0.1, -0.05) is 0 Å². The van der Waals surface area contributed by atoms with E-state index in [0.29, 0.717) is 6.54 Å². The third-order valence-corrected chi connectivity index (χ3v) is 1.26. The minimum absolute atomic E-state index is 0.454. The van der Waals surface area contributed by atoms with Gasteiger partial charge in [0.2, 0.25) is 0 Å². The third kappa shape index (κ3) is 1.72. The zero-order valence-corrected chi connectivity index (χ0v) is 5.89. The lowest BCUT2D eigenvalue weighted by atomic mass is 10.4. The molecule has 62 valence electrons. The van der Waals surface area contributed by atoms with Gasteiger partial charge < -0.3 is 0 Å². The summed E-state index contributed by atoms with van der Waals surface area (Å²) >= 11 is 0. The van der Waals surface area contributed by atoms with Gasteiger partial charge in [0.05, 0.1) is 0 Å². The first-order valence-corrected chi connectivity index (χ1v) is 3.14. The maximum Gasteiger partial charge on any atom is 0.435 e. The van der Waals surface area contributed by atoms with Crippen LogP contribution in [0, 0.1) is 0 Å². The Kier molecular flexibility index (Phi) is 1.89. The fourth-order valence-electron chi connectivity index (χ4n) is 0.689. The molecule has 0 aliphatic rings. The number of alkyl halides is 3. The van der Waals surface area contributed by atoms with Gasteiger partial charge in [-0.2, -0.15) is 18.3 Å². The van der Waals surface area contributed by atoms with Crippen molar-refractivity contribution in [2.45, 2.75) is 19.6 Å². The first-order valence-electron chi connectivity index (χ1n) is 3.14. The Morgan fingerprint density at radius 3 is 2.45 bits per heavy atom. The number of hydrogen-bond acceptors (Lipinski definition) is 1. The second-order valence-corrected chi connectivity index (χ2v) is 2.05. The van der Waals surface area contributed by atoms with Crippen molar-refractivity contribution in [2.24, 2.45) is 0 Å². The van der Waals surface area contributed by atoms with E-state index in [1.807, 2.05) is 0 Å². The van der Waals surface area contributed by atoms with Crippen molar-refractivity contribution in [1.29, 1.82) is 0 Å². The van der Waals surface area contributed by atoms with E-state index in [0.717, 1.165) is 6.07 Å². The minimum atomic E-state index is -4.32. The average molecular weight is 164 g/mol. The molecule has 1 aromatic heterocycles. The van der Waals surface area contributed by atoms with Crippen LogP contribution in [0.1, 0.15) is 12.6 Å². The molecule has 0 aliphatic carbocycles. The Hall–Kier alpha value is -1.00. The number of hydrogen-bond donors (Lipinski definition) is 0. The first kappa shape index (κ1) is 8.10. The van der Waals surface area contributed by atoms with Crippen LogP contribution >= 0.6 is 0 Å². The molecule has 0 bridgehead atoms. The summed E-state index contributed by atoms with van der Waals surface area (Å²) < 4.78 is 36.8. The molecule has 0 spiro atoms. The van der Waals surface area contributed by atoms with Crippen LogP contribution in [0.25, 0.3) is 0 Å². The van der Waals surface area contributed by atoms with E-state index in [4.69, 9.17) is 0 Å². The molecule has 0 N–H and O–H groups in total. The summed E-state index contributed by atoms with van der Waals surface area (Å²) in [5.74, 6) is 0. The van der Waals surface area contributed by atoms with Crippen molar-refractivity contribution in [3.05, 3.63) is 18.0 Å². The lowest BCUT2D eigenvalue weighted by Crippen LogP contribution is -2.07. The van der Waals surface area contributed by atoms with Crippen LogP contribution in [-0.4, -0.2) is 9.78 Å². The van der Waals surface area contributed by atoms with Gasteiger partial charge in [-0.05, 0) is 13.0 Å². The Balaban J connectivity index is 2.89. The highest BCUT2D eigenvalue weighted by Gasteiger charge is 2.33. The summed E-state index contributed by atoms with van der Waals surface area (Å²) in [4.78, 5) is 0. The quantitative estimate of drug-likeness (QED) is 0.620. The van der Waals surface area contributed by atoms with Crippen LogP contribution in [0.3, 0.4) is 0 Å². The van der Waals surface area contributed by atoms with Gasteiger partial charge in [0.15, 0.2) is 5.69 Å². The zero-order valence-electron chi connectivity index (χ0n) is 5.89. The third-order valence-electron chi connectivity index (χ3n) is 1.26. The maximum atomic E-state index is 11.9. The topological polar surface area (TPSA) is 17.8 Å². The lowest BCUT2D eigenvalue weighted by Gasteiger charge is -1.99. The van der Waals surface area contributed by atoms with Crippen LogP contribution < -0.4 is 0 Å². The monoisotopic (exact) mass is 164 g/mol.